The maximum Gasteiger partial charge on any atom is 0.226 e. The van der Waals surface area contributed by atoms with Crippen LogP contribution in [-0.2, 0) is 4.79 Å². The van der Waals surface area contributed by atoms with E-state index in [1.165, 1.54) is 6.42 Å². The smallest absolute Gasteiger partial charge is 0.226 e. The van der Waals surface area contributed by atoms with Gasteiger partial charge in [-0.25, -0.2) is 0 Å². The number of nitrogens with zero attached hydrogens (tertiary/aromatic N) is 1. The van der Waals surface area contributed by atoms with Gasteiger partial charge in [-0.2, -0.15) is 0 Å². The van der Waals surface area contributed by atoms with Crippen LogP contribution in [0.5, 0.6) is 0 Å². The molecule has 5 heteroatoms. The molecule has 3 nitrogen and oxygen atoms in total. The third-order valence-corrected chi connectivity index (χ3v) is 5.04. The van der Waals surface area contributed by atoms with Crippen molar-refractivity contribution in [1.82, 2.24) is 4.57 Å². The summed E-state index contributed by atoms with van der Waals surface area (Å²) in [5.74, 6) is 0.912. The van der Waals surface area contributed by atoms with E-state index in [0.717, 1.165) is 34.0 Å². The summed E-state index contributed by atoms with van der Waals surface area (Å²) in [4.78, 5) is 12.4. The standard InChI is InChI=1S/C18H22BrClN2O/c1-18(2,3)10-17(23)21-16-9-13-14(20)7-11(19)8-15(13)22(16)12-5-4-6-12/h7-9,12H,4-6,10H2,1-3H3,(H,21,23). The summed E-state index contributed by atoms with van der Waals surface area (Å²) in [6, 6.07) is 6.43. The van der Waals surface area contributed by atoms with Crippen LogP contribution in [0.4, 0.5) is 5.82 Å². The van der Waals surface area contributed by atoms with Crippen molar-refractivity contribution in [2.24, 2.45) is 5.41 Å². The molecule has 0 aliphatic heterocycles. The van der Waals surface area contributed by atoms with Gasteiger partial charge in [-0.05, 0) is 42.9 Å². The second-order valence-corrected chi connectivity index (χ2v) is 8.91. The predicted molar refractivity (Wildman–Crippen MR) is 100 cm³/mol. The molecule has 23 heavy (non-hydrogen) atoms. The molecule has 1 aliphatic rings. The zero-order chi connectivity index (χ0) is 16.8. The number of amides is 1. The normalized spacial score (nSPS) is 15.7. The first-order valence-corrected chi connectivity index (χ1v) is 9.21. The Hall–Kier alpha value is -1.00. The molecule has 2 aromatic rings. The summed E-state index contributed by atoms with van der Waals surface area (Å²) in [5, 5.41) is 4.80. The largest absolute Gasteiger partial charge is 0.324 e. The average Bonchev–Trinajstić information content (AvgIpc) is 2.64. The number of halogens is 2. The minimum atomic E-state index is -0.0297. The van der Waals surface area contributed by atoms with Gasteiger partial charge in [-0.15, -0.1) is 0 Å². The molecule has 1 saturated carbocycles. The van der Waals surface area contributed by atoms with E-state index in [0.29, 0.717) is 17.5 Å². The zero-order valence-corrected chi connectivity index (χ0v) is 16.1. The molecule has 1 N–H and O–H groups in total. The molecule has 124 valence electrons. The van der Waals surface area contributed by atoms with Crippen molar-refractivity contribution >= 4 is 50.2 Å². The Balaban J connectivity index is 2.02. The Morgan fingerprint density at radius 1 is 1.35 bits per heavy atom. The summed E-state index contributed by atoms with van der Waals surface area (Å²) in [6.45, 7) is 6.21. The van der Waals surface area contributed by atoms with Gasteiger partial charge in [0.05, 0.1) is 10.5 Å². The zero-order valence-electron chi connectivity index (χ0n) is 13.7. The molecule has 0 bridgehead atoms. The Morgan fingerprint density at radius 3 is 2.61 bits per heavy atom. The van der Waals surface area contributed by atoms with Gasteiger partial charge in [0.2, 0.25) is 5.91 Å². The molecule has 1 aromatic heterocycles. The first-order valence-electron chi connectivity index (χ1n) is 8.04. The van der Waals surface area contributed by atoms with Crippen molar-refractivity contribution in [3.8, 4) is 0 Å². The van der Waals surface area contributed by atoms with E-state index < -0.39 is 0 Å². The van der Waals surface area contributed by atoms with Crippen molar-refractivity contribution in [2.75, 3.05) is 5.32 Å². The lowest BCUT2D eigenvalue weighted by molar-refractivity contribution is -0.117. The van der Waals surface area contributed by atoms with Gasteiger partial charge < -0.3 is 9.88 Å². The predicted octanol–water partition coefficient (Wildman–Crippen LogP) is 6.16. The van der Waals surface area contributed by atoms with Gasteiger partial charge in [0.15, 0.2) is 0 Å². The fourth-order valence-electron chi connectivity index (χ4n) is 3.05. The van der Waals surface area contributed by atoms with Gasteiger partial charge in [-0.1, -0.05) is 48.3 Å². The van der Waals surface area contributed by atoms with Crippen molar-refractivity contribution in [3.05, 3.63) is 27.7 Å². The third-order valence-electron chi connectivity index (χ3n) is 4.27. The summed E-state index contributed by atoms with van der Waals surface area (Å²) in [6.07, 6.45) is 4.03. The van der Waals surface area contributed by atoms with E-state index in [2.05, 4.69) is 52.7 Å². The third kappa shape index (κ3) is 3.58. The highest BCUT2D eigenvalue weighted by atomic mass is 79.9. The summed E-state index contributed by atoms with van der Waals surface area (Å²) in [7, 11) is 0. The molecule has 0 unspecified atom stereocenters. The Bertz CT molecular complexity index is 756. The van der Waals surface area contributed by atoms with Crippen LogP contribution in [-0.4, -0.2) is 10.5 Å². The lowest BCUT2D eigenvalue weighted by Gasteiger charge is -2.30. The van der Waals surface area contributed by atoms with E-state index >= 15 is 0 Å². The number of fused-ring (bicyclic) bond motifs is 1. The van der Waals surface area contributed by atoms with E-state index in [1.807, 2.05) is 12.1 Å². The SMILES string of the molecule is CC(C)(C)CC(=O)Nc1cc2c(Cl)cc(Br)cc2n1C1CCC1. The van der Waals surface area contributed by atoms with E-state index in [-0.39, 0.29) is 11.3 Å². The topological polar surface area (TPSA) is 34.0 Å². The van der Waals surface area contributed by atoms with Gasteiger partial charge >= 0.3 is 0 Å². The van der Waals surface area contributed by atoms with E-state index in [4.69, 9.17) is 11.6 Å². The second-order valence-electron chi connectivity index (χ2n) is 7.59. The first-order chi connectivity index (χ1) is 10.7. The second kappa shape index (κ2) is 6.14. The molecule has 1 aromatic carbocycles. The fourth-order valence-corrected chi connectivity index (χ4v) is 3.90. The quantitative estimate of drug-likeness (QED) is 0.661. The van der Waals surface area contributed by atoms with E-state index in [1.54, 1.807) is 0 Å². The van der Waals surface area contributed by atoms with Crippen molar-refractivity contribution in [2.45, 2.75) is 52.5 Å². The highest BCUT2D eigenvalue weighted by Crippen LogP contribution is 2.41. The van der Waals surface area contributed by atoms with Crippen LogP contribution in [0.2, 0.25) is 5.02 Å². The van der Waals surface area contributed by atoms with E-state index in [9.17, 15) is 4.79 Å². The van der Waals surface area contributed by atoms with Crippen LogP contribution >= 0.6 is 27.5 Å². The Labute approximate surface area is 150 Å². The molecule has 0 radical (unpaired) electrons. The summed E-state index contributed by atoms with van der Waals surface area (Å²) < 4.78 is 3.21. The van der Waals surface area contributed by atoms with Crippen LogP contribution in [0.3, 0.4) is 0 Å². The van der Waals surface area contributed by atoms with Crippen LogP contribution in [0.15, 0.2) is 22.7 Å². The molecule has 1 aliphatic carbocycles. The first kappa shape index (κ1) is 16.8. The van der Waals surface area contributed by atoms with Crippen LogP contribution < -0.4 is 5.32 Å². The van der Waals surface area contributed by atoms with Crippen molar-refractivity contribution in [1.29, 1.82) is 0 Å². The van der Waals surface area contributed by atoms with Gasteiger partial charge in [0.25, 0.3) is 0 Å². The molecular weight excluding hydrogens is 376 g/mol. The molecule has 1 heterocycles. The number of aromatic nitrogens is 1. The van der Waals surface area contributed by atoms with Crippen molar-refractivity contribution < 1.29 is 4.79 Å². The Morgan fingerprint density at radius 2 is 2.04 bits per heavy atom. The molecule has 0 saturated heterocycles. The maximum absolute atomic E-state index is 12.4. The fraction of sp³-hybridized carbons (Fsp3) is 0.500. The number of hydrogen-bond acceptors (Lipinski definition) is 1. The Kier molecular flexibility index (Phi) is 4.49. The lowest BCUT2D eigenvalue weighted by atomic mass is 9.92. The highest BCUT2D eigenvalue weighted by Gasteiger charge is 2.26. The molecule has 0 spiro atoms. The number of anilines is 1. The minimum Gasteiger partial charge on any atom is -0.324 e. The van der Waals surface area contributed by atoms with Crippen LogP contribution in [0.25, 0.3) is 10.9 Å². The number of carbonyl (C=O) groups is 1. The number of nitrogens with one attached hydrogen (secondary N) is 1. The lowest BCUT2D eigenvalue weighted by Crippen LogP contribution is -2.24. The summed E-state index contributed by atoms with van der Waals surface area (Å²) in [5.41, 5.74) is 1.05. The monoisotopic (exact) mass is 396 g/mol. The van der Waals surface area contributed by atoms with Crippen molar-refractivity contribution in [3.63, 3.8) is 0 Å². The number of rotatable bonds is 3. The van der Waals surface area contributed by atoms with Gasteiger partial charge in [-0.3, -0.25) is 4.79 Å². The molecule has 1 fully saturated rings. The number of carbonyl (C=O) groups excluding carboxylic acids is 1. The molecule has 1 amide bonds. The molecule has 0 atom stereocenters. The summed E-state index contributed by atoms with van der Waals surface area (Å²) >= 11 is 9.92. The number of benzene rings is 1. The highest BCUT2D eigenvalue weighted by molar-refractivity contribution is 9.10. The molecule has 3 rings (SSSR count). The number of hydrogen-bond donors (Lipinski definition) is 1. The van der Waals surface area contributed by atoms with Gasteiger partial charge in [0.1, 0.15) is 5.82 Å². The van der Waals surface area contributed by atoms with Crippen LogP contribution in [0, 0.1) is 5.41 Å². The average molecular weight is 398 g/mol. The van der Waals surface area contributed by atoms with Crippen LogP contribution in [0.1, 0.15) is 52.5 Å². The molecular formula is C18H22BrClN2O. The minimum absolute atomic E-state index is 0.0297. The maximum atomic E-state index is 12.4. The van der Waals surface area contributed by atoms with Gasteiger partial charge in [0, 0.05) is 22.3 Å².